The molecule has 11 heteroatoms. The summed E-state index contributed by atoms with van der Waals surface area (Å²) in [6, 6.07) is 85.2. The van der Waals surface area contributed by atoms with Gasteiger partial charge in [0.1, 0.15) is 17.2 Å². The molecule has 0 spiro atoms. The Bertz CT molecular complexity index is 3020. The van der Waals surface area contributed by atoms with E-state index in [0.717, 1.165) is 50.4 Å². The number of nitrogens with zero attached hydrogens (tertiary/aromatic N) is 5. The quantitative estimate of drug-likeness (QED) is 0.0909. The van der Waals surface area contributed by atoms with E-state index in [9.17, 15) is 0 Å². The molecule has 0 fully saturated rings. The molecule has 348 valence electrons. The van der Waals surface area contributed by atoms with Gasteiger partial charge in [0.15, 0.2) is 0 Å². The number of nitrogens with one attached hydrogen (secondary N) is 3. The molecule has 11 aromatic rings. The molecule has 2 aromatic heterocycles. The number of benzene rings is 9. The van der Waals surface area contributed by atoms with E-state index in [-0.39, 0.29) is 6.01 Å². The van der Waals surface area contributed by atoms with Crippen molar-refractivity contribution in [3.05, 3.63) is 261 Å². The van der Waals surface area contributed by atoms with Gasteiger partial charge in [-0.3, -0.25) is 0 Å². The van der Waals surface area contributed by atoms with Gasteiger partial charge in [-0.05, 0) is 106 Å². The Morgan fingerprint density at radius 1 is 0.236 bits per heavy atom. The predicted octanol–water partition coefficient (Wildman–Crippen LogP) is 16.0. The van der Waals surface area contributed by atoms with Crippen molar-refractivity contribution in [2.75, 3.05) is 16.0 Å². The van der Waals surface area contributed by atoms with Crippen molar-refractivity contribution in [2.24, 2.45) is 0 Å². The van der Waals surface area contributed by atoms with Gasteiger partial charge in [0.05, 0.1) is 6.07 Å². The van der Waals surface area contributed by atoms with Crippen LogP contribution < -0.4 is 30.2 Å². The molecule has 72 heavy (non-hydrogen) atoms. The normalized spacial score (nSPS) is 10.5. The van der Waals surface area contributed by atoms with Crippen molar-refractivity contribution in [3.63, 3.8) is 0 Å². The minimum absolute atomic E-state index is 0.108. The Kier molecular flexibility index (Phi) is 14.4. The first-order valence-electron chi connectivity index (χ1n) is 23.2. The number of para-hydroxylation sites is 3. The molecule has 0 amide bonds. The molecule has 9 aromatic carbocycles. The maximum atomic E-state index is 6.17. The van der Waals surface area contributed by atoms with E-state index >= 15 is 0 Å². The zero-order chi connectivity index (χ0) is 48.6. The van der Waals surface area contributed by atoms with E-state index in [1.165, 1.54) is 0 Å². The van der Waals surface area contributed by atoms with E-state index < -0.39 is 0 Å². The fourth-order valence-corrected chi connectivity index (χ4v) is 7.41. The molecule has 0 aliphatic carbocycles. The predicted molar refractivity (Wildman–Crippen MR) is 287 cm³/mol. The van der Waals surface area contributed by atoms with Crippen molar-refractivity contribution in [3.8, 4) is 68.4 Å². The summed E-state index contributed by atoms with van der Waals surface area (Å²) in [5, 5.41) is 9.64. The van der Waals surface area contributed by atoms with Crippen molar-refractivity contribution >= 4 is 34.9 Å². The molecule has 0 radical (unpaired) electrons. The number of anilines is 6. The second-order valence-electron chi connectivity index (χ2n) is 16.1. The van der Waals surface area contributed by atoms with Crippen LogP contribution in [0.25, 0.3) is 33.4 Å². The van der Waals surface area contributed by atoms with Crippen LogP contribution in [0.4, 0.5) is 34.9 Å². The van der Waals surface area contributed by atoms with Gasteiger partial charge in [0.2, 0.25) is 29.6 Å². The van der Waals surface area contributed by atoms with Crippen molar-refractivity contribution in [2.45, 2.75) is 0 Å². The third kappa shape index (κ3) is 12.7. The van der Waals surface area contributed by atoms with E-state index in [0.29, 0.717) is 46.9 Å². The average Bonchev–Trinajstić information content (AvgIpc) is 3.43. The monoisotopic (exact) mass is 938 g/mol. The summed E-state index contributed by atoms with van der Waals surface area (Å²) in [5.74, 6) is 3.80. The first kappa shape index (κ1) is 45.6. The number of rotatable bonds is 15. The molecule has 11 nitrogen and oxygen atoms in total. The minimum atomic E-state index is 0.108. The van der Waals surface area contributed by atoms with Gasteiger partial charge < -0.3 is 30.2 Å². The van der Waals surface area contributed by atoms with Crippen LogP contribution in [0.2, 0.25) is 0 Å². The van der Waals surface area contributed by atoms with Crippen molar-refractivity contribution in [1.29, 1.82) is 0 Å². The SMILES string of the molecule is c1ccc(-c2ccc(Oc3cc(Oc4ccc(-c5ccccc5)cc4)nc(Oc4ccc(-c5ccccc5)cc4)n3)cc2)cc1.c1ccc(Nc2nc(Nc3ccccc3)nc(Nc3ccccc3)n2)cc1. The standard InChI is InChI=1S/C40H28N2O3.C21H18N6/c1-4-10-29(11-5-1)32-16-22-35(23-17-32)43-38-28-39(44-36-24-18-33(19-25-36)30-12-6-2-7-13-30)42-40(41-38)45-37-26-20-34(21-27-37)31-14-8-3-9-15-31;1-4-10-16(11-5-1)22-19-25-20(23-17-12-6-2-7-13-17)27-21(26-19)24-18-14-8-3-9-15-18/h1-28H;1-15H,(H3,22,23,24,25,26,27). The summed E-state index contributed by atoms with van der Waals surface area (Å²) in [6.07, 6.45) is 0. The fraction of sp³-hybridized carbons (Fsp3) is 0. The second-order valence-corrected chi connectivity index (χ2v) is 16.1. The lowest BCUT2D eigenvalue weighted by Gasteiger charge is -2.12. The van der Waals surface area contributed by atoms with E-state index in [1.54, 1.807) is 6.07 Å². The third-order valence-electron chi connectivity index (χ3n) is 10.9. The molecule has 0 unspecified atom stereocenters. The number of aromatic nitrogens is 5. The Morgan fingerprint density at radius 2 is 0.486 bits per heavy atom. The summed E-state index contributed by atoms with van der Waals surface area (Å²) in [6.45, 7) is 0. The average molecular weight is 939 g/mol. The highest BCUT2D eigenvalue weighted by Gasteiger charge is 2.13. The fourth-order valence-electron chi connectivity index (χ4n) is 7.41. The zero-order valence-electron chi connectivity index (χ0n) is 38.8. The molecule has 2 heterocycles. The Balaban J connectivity index is 0.000000188. The van der Waals surface area contributed by atoms with Crippen LogP contribution in [0.3, 0.4) is 0 Å². The van der Waals surface area contributed by atoms with E-state index in [1.807, 2.05) is 218 Å². The Morgan fingerprint density at radius 3 is 0.778 bits per heavy atom. The van der Waals surface area contributed by atoms with E-state index in [4.69, 9.17) is 14.2 Å². The molecule has 3 N–H and O–H groups in total. The minimum Gasteiger partial charge on any atom is -0.439 e. The highest BCUT2D eigenvalue weighted by molar-refractivity contribution is 5.67. The van der Waals surface area contributed by atoms with Gasteiger partial charge in [0, 0.05) is 17.1 Å². The first-order valence-corrected chi connectivity index (χ1v) is 23.2. The second kappa shape index (κ2) is 22.8. The van der Waals surface area contributed by atoms with Gasteiger partial charge >= 0.3 is 6.01 Å². The van der Waals surface area contributed by atoms with Gasteiger partial charge in [-0.2, -0.15) is 24.9 Å². The lowest BCUT2D eigenvalue weighted by atomic mass is 10.1. The molecular formula is C61H46N8O3. The highest BCUT2D eigenvalue weighted by atomic mass is 16.5. The van der Waals surface area contributed by atoms with Gasteiger partial charge in [-0.25, -0.2) is 0 Å². The van der Waals surface area contributed by atoms with Crippen LogP contribution in [-0.4, -0.2) is 24.9 Å². The number of ether oxygens (including phenoxy) is 3. The number of hydrogen-bond acceptors (Lipinski definition) is 11. The maximum absolute atomic E-state index is 6.17. The molecule has 0 atom stereocenters. The topological polar surface area (TPSA) is 128 Å². The number of hydrogen-bond donors (Lipinski definition) is 3. The highest BCUT2D eigenvalue weighted by Crippen LogP contribution is 2.33. The van der Waals surface area contributed by atoms with Gasteiger partial charge in [0.25, 0.3) is 0 Å². The molecule has 11 rings (SSSR count). The third-order valence-corrected chi connectivity index (χ3v) is 10.9. The first-order chi connectivity index (χ1) is 35.6. The van der Waals surface area contributed by atoms with Crippen LogP contribution in [0, 0.1) is 0 Å². The van der Waals surface area contributed by atoms with Crippen LogP contribution in [-0.2, 0) is 0 Å². The molecule has 0 bridgehead atoms. The lowest BCUT2D eigenvalue weighted by Crippen LogP contribution is -2.07. The smallest absolute Gasteiger partial charge is 0.328 e. The largest absolute Gasteiger partial charge is 0.439 e. The summed E-state index contributed by atoms with van der Waals surface area (Å²) < 4.78 is 18.4. The molecular weight excluding hydrogens is 893 g/mol. The van der Waals surface area contributed by atoms with E-state index in [2.05, 4.69) is 77.3 Å². The van der Waals surface area contributed by atoms with Crippen LogP contribution in [0.1, 0.15) is 0 Å². The van der Waals surface area contributed by atoms with Crippen LogP contribution >= 0.6 is 0 Å². The maximum Gasteiger partial charge on any atom is 0.328 e. The van der Waals surface area contributed by atoms with Crippen molar-refractivity contribution < 1.29 is 14.2 Å². The molecule has 0 saturated heterocycles. The van der Waals surface area contributed by atoms with Crippen molar-refractivity contribution in [1.82, 2.24) is 24.9 Å². The Labute approximate surface area is 417 Å². The Hall–Kier alpha value is -10.1. The van der Waals surface area contributed by atoms with Gasteiger partial charge in [-0.15, -0.1) is 0 Å². The summed E-state index contributed by atoms with van der Waals surface area (Å²) in [4.78, 5) is 22.5. The lowest BCUT2D eigenvalue weighted by molar-refractivity contribution is 0.387. The van der Waals surface area contributed by atoms with Gasteiger partial charge in [-0.1, -0.05) is 182 Å². The summed E-state index contributed by atoms with van der Waals surface area (Å²) in [5.41, 5.74) is 9.38. The molecule has 0 aliphatic rings. The molecule has 0 aliphatic heterocycles. The zero-order valence-corrected chi connectivity index (χ0v) is 38.8. The summed E-state index contributed by atoms with van der Waals surface area (Å²) in [7, 11) is 0. The molecule has 0 saturated carbocycles. The summed E-state index contributed by atoms with van der Waals surface area (Å²) >= 11 is 0. The van der Waals surface area contributed by atoms with Crippen LogP contribution in [0.15, 0.2) is 261 Å². The van der Waals surface area contributed by atoms with Crippen LogP contribution in [0.5, 0.6) is 35.0 Å².